The number of hydrogen-bond acceptors (Lipinski definition) is 3. The van der Waals surface area contributed by atoms with Crippen molar-refractivity contribution in [1.29, 1.82) is 0 Å². The molecular formula is C16H18N2OS. The van der Waals surface area contributed by atoms with Gasteiger partial charge >= 0.3 is 0 Å². The van der Waals surface area contributed by atoms with Crippen molar-refractivity contribution in [2.45, 2.75) is 6.04 Å². The summed E-state index contributed by atoms with van der Waals surface area (Å²) in [6, 6.07) is 12.4. The number of likely N-dealkylation sites (N-methyl/N-ethyl adjacent to an activating group) is 1. The molecule has 2 aromatic rings. The smallest absolute Gasteiger partial charge is 0.255 e. The van der Waals surface area contributed by atoms with Gasteiger partial charge in [0.05, 0.1) is 11.6 Å². The molecule has 0 spiro atoms. The number of benzene rings is 1. The molecule has 1 atom stereocenters. The lowest BCUT2D eigenvalue weighted by atomic mass is 10.0. The van der Waals surface area contributed by atoms with Crippen LogP contribution in [0.2, 0.25) is 0 Å². The predicted octanol–water partition coefficient (Wildman–Crippen LogP) is 2.88. The van der Waals surface area contributed by atoms with Gasteiger partial charge in [-0.05, 0) is 24.1 Å². The fourth-order valence-corrected chi connectivity index (χ4v) is 3.30. The number of rotatable bonds is 2. The highest BCUT2D eigenvalue weighted by Crippen LogP contribution is 2.26. The predicted molar refractivity (Wildman–Crippen MR) is 82.0 cm³/mol. The number of amides is 1. The Balaban J connectivity index is 1.89. The average molecular weight is 286 g/mol. The van der Waals surface area contributed by atoms with Crippen LogP contribution in [0.15, 0.2) is 47.2 Å². The maximum atomic E-state index is 12.7. The van der Waals surface area contributed by atoms with Crippen LogP contribution in [-0.4, -0.2) is 42.4 Å². The fraction of sp³-hybridized carbons (Fsp3) is 0.312. The van der Waals surface area contributed by atoms with Crippen LogP contribution in [0.1, 0.15) is 22.0 Å². The second-order valence-electron chi connectivity index (χ2n) is 5.20. The maximum absolute atomic E-state index is 12.7. The SMILES string of the molecule is CN1CCN(C(=O)c2ccsc2)C(c2ccccc2)C1. The lowest BCUT2D eigenvalue weighted by molar-refractivity contribution is 0.0498. The summed E-state index contributed by atoms with van der Waals surface area (Å²) in [5.41, 5.74) is 2.02. The zero-order valence-corrected chi connectivity index (χ0v) is 12.3. The first-order valence-electron chi connectivity index (χ1n) is 6.82. The Kier molecular flexibility index (Phi) is 3.85. The van der Waals surface area contributed by atoms with Crippen LogP contribution in [0.4, 0.5) is 0 Å². The van der Waals surface area contributed by atoms with Gasteiger partial charge in [-0.3, -0.25) is 4.79 Å². The second-order valence-corrected chi connectivity index (χ2v) is 5.98. The molecule has 104 valence electrons. The molecule has 20 heavy (non-hydrogen) atoms. The lowest BCUT2D eigenvalue weighted by Crippen LogP contribution is -2.49. The van der Waals surface area contributed by atoms with E-state index in [1.54, 1.807) is 11.3 Å². The van der Waals surface area contributed by atoms with Crippen LogP contribution in [0, 0.1) is 0 Å². The van der Waals surface area contributed by atoms with Crippen LogP contribution in [0.3, 0.4) is 0 Å². The zero-order valence-electron chi connectivity index (χ0n) is 11.5. The summed E-state index contributed by atoms with van der Waals surface area (Å²) in [6.45, 7) is 2.60. The Bertz CT molecular complexity index is 567. The molecule has 0 aliphatic carbocycles. The van der Waals surface area contributed by atoms with Crippen molar-refractivity contribution < 1.29 is 4.79 Å². The summed E-state index contributed by atoms with van der Waals surface area (Å²) < 4.78 is 0. The van der Waals surface area contributed by atoms with E-state index in [9.17, 15) is 4.79 Å². The minimum Gasteiger partial charge on any atom is -0.329 e. The van der Waals surface area contributed by atoms with Crippen LogP contribution in [0.25, 0.3) is 0 Å². The number of carbonyl (C=O) groups is 1. The van der Waals surface area contributed by atoms with Crippen molar-refractivity contribution >= 4 is 17.2 Å². The molecule has 1 aliphatic rings. The molecule has 0 N–H and O–H groups in total. The normalized spacial score (nSPS) is 20.1. The Morgan fingerprint density at radius 1 is 1.20 bits per heavy atom. The number of nitrogens with zero attached hydrogens (tertiary/aromatic N) is 2. The van der Waals surface area contributed by atoms with Gasteiger partial charge in [0, 0.05) is 25.0 Å². The summed E-state index contributed by atoms with van der Waals surface area (Å²) in [5, 5.41) is 3.89. The van der Waals surface area contributed by atoms with Gasteiger partial charge in [-0.25, -0.2) is 0 Å². The lowest BCUT2D eigenvalue weighted by Gasteiger charge is -2.40. The molecule has 1 aliphatic heterocycles. The standard InChI is InChI=1S/C16H18N2OS/c1-17-8-9-18(16(19)14-7-10-20-12-14)15(11-17)13-5-3-2-4-6-13/h2-7,10,12,15H,8-9,11H2,1H3. The van der Waals surface area contributed by atoms with Gasteiger partial charge in [-0.2, -0.15) is 11.3 Å². The number of piperazine rings is 1. The van der Waals surface area contributed by atoms with Crippen molar-refractivity contribution in [2.75, 3.05) is 26.7 Å². The molecular weight excluding hydrogens is 268 g/mol. The first-order chi connectivity index (χ1) is 9.75. The molecule has 1 amide bonds. The molecule has 4 heteroatoms. The maximum Gasteiger partial charge on any atom is 0.255 e. The van der Waals surface area contributed by atoms with Crippen molar-refractivity contribution in [3.8, 4) is 0 Å². The van der Waals surface area contributed by atoms with E-state index in [1.807, 2.05) is 39.9 Å². The van der Waals surface area contributed by atoms with E-state index in [1.165, 1.54) is 5.56 Å². The summed E-state index contributed by atoms with van der Waals surface area (Å²) in [4.78, 5) is 17.0. The van der Waals surface area contributed by atoms with E-state index in [2.05, 4.69) is 24.1 Å². The van der Waals surface area contributed by atoms with Crippen molar-refractivity contribution in [1.82, 2.24) is 9.80 Å². The van der Waals surface area contributed by atoms with Crippen LogP contribution < -0.4 is 0 Å². The summed E-state index contributed by atoms with van der Waals surface area (Å²) in [6.07, 6.45) is 0. The van der Waals surface area contributed by atoms with E-state index in [-0.39, 0.29) is 11.9 Å². The van der Waals surface area contributed by atoms with E-state index in [4.69, 9.17) is 0 Å². The first kappa shape index (κ1) is 13.3. The third kappa shape index (κ3) is 2.62. The van der Waals surface area contributed by atoms with Crippen molar-refractivity contribution in [2.24, 2.45) is 0 Å². The molecule has 1 fully saturated rings. The van der Waals surface area contributed by atoms with Crippen LogP contribution in [-0.2, 0) is 0 Å². The quantitative estimate of drug-likeness (QED) is 0.847. The monoisotopic (exact) mass is 286 g/mol. The minimum absolute atomic E-state index is 0.141. The number of thiophene rings is 1. The van der Waals surface area contributed by atoms with Gasteiger partial charge in [0.1, 0.15) is 0 Å². The fourth-order valence-electron chi connectivity index (χ4n) is 2.67. The van der Waals surface area contributed by atoms with Crippen molar-refractivity contribution in [3.05, 3.63) is 58.3 Å². The minimum atomic E-state index is 0.141. The van der Waals surface area contributed by atoms with Crippen LogP contribution in [0.5, 0.6) is 0 Å². The van der Waals surface area contributed by atoms with Gasteiger partial charge < -0.3 is 9.80 Å². The zero-order chi connectivity index (χ0) is 13.9. The third-order valence-corrected chi connectivity index (χ3v) is 4.48. The molecule has 1 aromatic carbocycles. The number of hydrogen-bond donors (Lipinski definition) is 0. The Labute approximate surface area is 123 Å². The summed E-state index contributed by atoms with van der Waals surface area (Å²) >= 11 is 1.57. The molecule has 0 saturated carbocycles. The van der Waals surface area contributed by atoms with Gasteiger partial charge in [-0.1, -0.05) is 30.3 Å². The Morgan fingerprint density at radius 2 is 2.00 bits per heavy atom. The third-order valence-electron chi connectivity index (χ3n) is 3.80. The van der Waals surface area contributed by atoms with E-state index in [0.717, 1.165) is 25.2 Å². The summed E-state index contributed by atoms with van der Waals surface area (Å²) in [5.74, 6) is 0.146. The van der Waals surface area contributed by atoms with Gasteiger partial charge in [0.15, 0.2) is 0 Å². The Morgan fingerprint density at radius 3 is 2.70 bits per heavy atom. The topological polar surface area (TPSA) is 23.6 Å². The van der Waals surface area contributed by atoms with E-state index in [0.29, 0.717) is 0 Å². The number of carbonyl (C=O) groups excluding carboxylic acids is 1. The first-order valence-corrected chi connectivity index (χ1v) is 7.76. The summed E-state index contributed by atoms with van der Waals surface area (Å²) in [7, 11) is 2.11. The molecule has 3 nitrogen and oxygen atoms in total. The Hall–Kier alpha value is -1.65. The molecule has 1 unspecified atom stereocenters. The molecule has 3 rings (SSSR count). The van der Waals surface area contributed by atoms with Gasteiger partial charge in [0.2, 0.25) is 0 Å². The molecule has 2 heterocycles. The molecule has 0 bridgehead atoms. The second kappa shape index (κ2) is 5.77. The highest BCUT2D eigenvalue weighted by Gasteiger charge is 2.30. The highest BCUT2D eigenvalue weighted by atomic mass is 32.1. The average Bonchev–Trinajstić information content (AvgIpc) is 3.02. The van der Waals surface area contributed by atoms with Crippen LogP contribution >= 0.6 is 11.3 Å². The molecule has 1 saturated heterocycles. The van der Waals surface area contributed by atoms with E-state index >= 15 is 0 Å². The van der Waals surface area contributed by atoms with Gasteiger partial charge in [0.25, 0.3) is 5.91 Å². The van der Waals surface area contributed by atoms with Crippen molar-refractivity contribution in [3.63, 3.8) is 0 Å². The molecule has 0 radical (unpaired) electrons. The molecule has 1 aromatic heterocycles. The van der Waals surface area contributed by atoms with E-state index < -0.39 is 0 Å². The van der Waals surface area contributed by atoms with Gasteiger partial charge in [-0.15, -0.1) is 0 Å². The largest absolute Gasteiger partial charge is 0.329 e. The highest BCUT2D eigenvalue weighted by molar-refractivity contribution is 7.08.